The van der Waals surface area contributed by atoms with E-state index in [1.54, 1.807) is 18.0 Å². The van der Waals surface area contributed by atoms with Gasteiger partial charge in [-0.1, -0.05) is 93.4 Å². The number of aryl methyl sites for hydroxylation is 2. The SMILES string of the molecule is CCCCC(CC)CN(CC(CC)CCCC)c1cc(C)c(N=C2C=C(C(=O)N(C)CCCC)C(=O)C(CC)=C2CC)c(C)c1. The highest BCUT2D eigenvalue weighted by molar-refractivity contribution is 6.34. The zero-order valence-electron chi connectivity index (χ0n) is 30.7. The van der Waals surface area contributed by atoms with E-state index in [1.165, 1.54) is 57.1 Å². The van der Waals surface area contributed by atoms with E-state index in [-0.39, 0.29) is 17.3 Å². The van der Waals surface area contributed by atoms with Crippen molar-refractivity contribution in [2.45, 2.75) is 139 Å². The number of allylic oxidation sites excluding steroid dienone is 3. The number of likely N-dealkylation sites (N-methyl/N-ethyl adjacent to an activating group) is 1. The maximum absolute atomic E-state index is 13.5. The van der Waals surface area contributed by atoms with Gasteiger partial charge in [-0.25, -0.2) is 4.99 Å². The van der Waals surface area contributed by atoms with Gasteiger partial charge in [0.05, 0.1) is 17.0 Å². The van der Waals surface area contributed by atoms with Gasteiger partial charge in [0.25, 0.3) is 5.91 Å². The average Bonchev–Trinajstić information content (AvgIpc) is 3.04. The second-order valence-electron chi connectivity index (χ2n) is 13.3. The fourth-order valence-corrected chi connectivity index (χ4v) is 6.63. The molecule has 252 valence electrons. The van der Waals surface area contributed by atoms with Crippen LogP contribution in [-0.4, -0.2) is 49.0 Å². The lowest BCUT2D eigenvalue weighted by Crippen LogP contribution is -2.34. The topological polar surface area (TPSA) is 53.0 Å². The summed E-state index contributed by atoms with van der Waals surface area (Å²) in [4.78, 5) is 36.5. The van der Waals surface area contributed by atoms with Gasteiger partial charge in [0, 0.05) is 37.9 Å². The third-order valence-electron chi connectivity index (χ3n) is 9.72. The Morgan fingerprint density at radius 3 is 1.73 bits per heavy atom. The fraction of sp³-hybridized carbons (Fsp3) is 0.675. The van der Waals surface area contributed by atoms with Crippen molar-refractivity contribution in [3.8, 4) is 0 Å². The standard InChI is InChI=1S/C40H65N3O2/c1-11-18-21-31(14-4)27-43(28-32(15-5)22-19-12-2)33-24-29(8)38(30(9)25-33)41-37-26-36(40(45)42(10)23-20-13-3)39(44)35(17-7)34(37)16-6/h24-26,31-32H,11-23,27-28H2,1-10H3. The van der Waals surface area contributed by atoms with Crippen LogP contribution in [0.25, 0.3) is 0 Å². The number of anilines is 1. The van der Waals surface area contributed by atoms with Gasteiger partial charge in [-0.15, -0.1) is 0 Å². The van der Waals surface area contributed by atoms with Gasteiger partial charge in [0.2, 0.25) is 0 Å². The molecule has 0 N–H and O–H groups in total. The monoisotopic (exact) mass is 620 g/mol. The predicted octanol–water partition coefficient (Wildman–Crippen LogP) is 10.5. The van der Waals surface area contributed by atoms with Crippen LogP contribution >= 0.6 is 0 Å². The predicted molar refractivity (Wildman–Crippen MR) is 195 cm³/mol. The van der Waals surface area contributed by atoms with Crippen LogP contribution in [0.2, 0.25) is 0 Å². The molecule has 2 atom stereocenters. The molecule has 1 aromatic carbocycles. The Morgan fingerprint density at radius 1 is 0.778 bits per heavy atom. The number of hydrogen-bond acceptors (Lipinski definition) is 4. The van der Waals surface area contributed by atoms with E-state index in [2.05, 4.69) is 72.4 Å². The molecule has 2 unspecified atom stereocenters. The summed E-state index contributed by atoms with van der Waals surface area (Å²) in [5.74, 6) is 1.04. The van der Waals surface area contributed by atoms with Gasteiger partial charge in [0.1, 0.15) is 0 Å². The first-order chi connectivity index (χ1) is 21.6. The third-order valence-corrected chi connectivity index (χ3v) is 9.72. The van der Waals surface area contributed by atoms with Gasteiger partial charge < -0.3 is 9.80 Å². The van der Waals surface area contributed by atoms with Crippen molar-refractivity contribution in [2.24, 2.45) is 16.8 Å². The van der Waals surface area contributed by atoms with E-state index in [1.807, 2.05) is 6.92 Å². The first kappa shape index (κ1) is 38.5. The Labute approximate surface area is 276 Å². The smallest absolute Gasteiger partial charge is 0.257 e. The lowest BCUT2D eigenvalue weighted by atomic mass is 9.85. The molecular weight excluding hydrogens is 554 g/mol. The highest BCUT2D eigenvalue weighted by Gasteiger charge is 2.31. The van der Waals surface area contributed by atoms with Gasteiger partial charge in [0.15, 0.2) is 5.78 Å². The highest BCUT2D eigenvalue weighted by atomic mass is 16.2. The van der Waals surface area contributed by atoms with Crippen molar-refractivity contribution in [1.29, 1.82) is 0 Å². The number of nitrogens with zero attached hydrogens (tertiary/aromatic N) is 3. The quantitative estimate of drug-likeness (QED) is 0.108. The molecular formula is C40H65N3O2. The number of Topliss-reactive ketones (excluding diaryl/α,β-unsaturated/α-hetero) is 1. The van der Waals surface area contributed by atoms with Crippen molar-refractivity contribution in [1.82, 2.24) is 4.90 Å². The third kappa shape index (κ3) is 10.7. The van der Waals surface area contributed by atoms with E-state index in [4.69, 9.17) is 4.99 Å². The van der Waals surface area contributed by atoms with Crippen LogP contribution in [0, 0.1) is 25.7 Å². The molecule has 0 radical (unpaired) electrons. The summed E-state index contributed by atoms with van der Waals surface area (Å²) < 4.78 is 0. The molecule has 1 aliphatic rings. The lowest BCUT2D eigenvalue weighted by Gasteiger charge is -2.33. The van der Waals surface area contributed by atoms with Crippen molar-refractivity contribution in [2.75, 3.05) is 31.6 Å². The van der Waals surface area contributed by atoms with Crippen LogP contribution in [-0.2, 0) is 9.59 Å². The minimum absolute atomic E-state index is 0.136. The number of amides is 1. The minimum Gasteiger partial charge on any atom is -0.371 e. The second kappa shape index (κ2) is 19.7. The molecule has 0 spiro atoms. The molecule has 1 aliphatic carbocycles. The molecule has 0 bridgehead atoms. The number of carbonyl (C=O) groups excluding carboxylic acids is 2. The molecule has 1 aromatic rings. The Hall–Kier alpha value is -2.69. The summed E-state index contributed by atoms with van der Waals surface area (Å²) in [6.45, 7) is 22.6. The second-order valence-corrected chi connectivity index (χ2v) is 13.3. The number of carbonyl (C=O) groups is 2. The van der Waals surface area contributed by atoms with Crippen molar-refractivity contribution < 1.29 is 9.59 Å². The molecule has 2 rings (SSSR count). The number of hydrogen-bond donors (Lipinski definition) is 0. The Bertz CT molecular complexity index is 1170. The average molecular weight is 620 g/mol. The van der Waals surface area contributed by atoms with Crippen LogP contribution < -0.4 is 4.90 Å². The maximum Gasteiger partial charge on any atom is 0.257 e. The number of rotatable bonds is 20. The molecule has 1 amide bonds. The molecule has 0 heterocycles. The maximum atomic E-state index is 13.5. The summed E-state index contributed by atoms with van der Waals surface area (Å²) in [5, 5.41) is 0. The number of aliphatic imine (C=N–C) groups is 1. The van der Waals surface area contributed by atoms with Gasteiger partial charge in [-0.3, -0.25) is 9.59 Å². The molecule has 0 saturated carbocycles. The number of benzene rings is 1. The molecule has 0 aromatic heterocycles. The van der Waals surface area contributed by atoms with Crippen molar-refractivity contribution in [3.63, 3.8) is 0 Å². The Kier molecular flexibility index (Phi) is 16.9. The summed E-state index contributed by atoms with van der Waals surface area (Å²) in [7, 11) is 1.79. The largest absolute Gasteiger partial charge is 0.371 e. The van der Waals surface area contributed by atoms with Crippen LogP contribution in [0.5, 0.6) is 0 Å². The summed E-state index contributed by atoms with van der Waals surface area (Å²) in [6.07, 6.45) is 15.0. The normalized spacial score (nSPS) is 15.8. The van der Waals surface area contributed by atoms with Gasteiger partial charge >= 0.3 is 0 Å². The fourth-order valence-electron chi connectivity index (χ4n) is 6.63. The zero-order chi connectivity index (χ0) is 33.5. The van der Waals surface area contributed by atoms with E-state index < -0.39 is 0 Å². The molecule has 5 heteroatoms. The van der Waals surface area contributed by atoms with E-state index >= 15 is 0 Å². The Morgan fingerprint density at radius 2 is 1.29 bits per heavy atom. The van der Waals surface area contributed by atoms with Crippen LogP contribution in [0.1, 0.15) is 137 Å². The van der Waals surface area contributed by atoms with Crippen molar-refractivity contribution in [3.05, 3.63) is 46.1 Å². The van der Waals surface area contributed by atoms with Crippen LogP contribution in [0.4, 0.5) is 11.4 Å². The minimum atomic E-state index is -0.205. The number of unbranched alkanes of at least 4 members (excludes halogenated alkanes) is 3. The summed E-state index contributed by atoms with van der Waals surface area (Å²) in [5.41, 5.74) is 7.20. The zero-order valence-corrected chi connectivity index (χ0v) is 30.7. The summed E-state index contributed by atoms with van der Waals surface area (Å²) in [6, 6.07) is 4.65. The molecule has 45 heavy (non-hydrogen) atoms. The Balaban J connectivity index is 2.60. The van der Waals surface area contributed by atoms with Gasteiger partial charge in [-0.05, 0) is 92.7 Å². The lowest BCUT2D eigenvalue weighted by molar-refractivity contribution is -0.128. The molecule has 0 aliphatic heterocycles. The molecule has 5 nitrogen and oxygen atoms in total. The van der Waals surface area contributed by atoms with Crippen LogP contribution in [0.3, 0.4) is 0 Å². The molecule has 0 saturated heterocycles. The molecule has 0 fully saturated rings. The van der Waals surface area contributed by atoms with Crippen LogP contribution in [0.15, 0.2) is 39.9 Å². The number of ketones is 1. The first-order valence-electron chi connectivity index (χ1n) is 18.3. The van der Waals surface area contributed by atoms with Crippen molar-refractivity contribution >= 4 is 28.8 Å². The first-order valence-corrected chi connectivity index (χ1v) is 18.3. The highest BCUT2D eigenvalue weighted by Crippen LogP contribution is 2.34. The van der Waals surface area contributed by atoms with E-state index in [9.17, 15) is 9.59 Å². The van der Waals surface area contributed by atoms with E-state index in [0.717, 1.165) is 59.6 Å². The van der Waals surface area contributed by atoms with Gasteiger partial charge in [-0.2, -0.15) is 0 Å². The summed E-state index contributed by atoms with van der Waals surface area (Å²) >= 11 is 0. The van der Waals surface area contributed by atoms with E-state index in [0.29, 0.717) is 31.2 Å².